The van der Waals surface area contributed by atoms with Crippen LogP contribution in [0.2, 0.25) is 0 Å². The monoisotopic (exact) mass is 329 g/mol. The van der Waals surface area contributed by atoms with Gasteiger partial charge < -0.3 is 9.55 Å². The Labute approximate surface area is 138 Å². The van der Waals surface area contributed by atoms with E-state index >= 15 is 0 Å². The van der Waals surface area contributed by atoms with Gasteiger partial charge in [-0.1, -0.05) is 11.6 Å². The highest BCUT2D eigenvalue weighted by Gasteiger charge is 2.15. The molecule has 0 aliphatic rings. The lowest BCUT2D eigenvalue weighted by Gasteiger charge is -2.01. The zero-order valence-electron chi connectivity index (χ0n) is 13.0. The lowest BCUT2D eigenvalue weighted by Crippen LogP contribution is -2.07. The van der Waals surface area contributed by atoms with E-state index in [2.05, 4.69) is 20.1 Å². The van der Waals surface area contributed by atoms with Crippen molar-refractivity contribution in [2.24, 2.45) is 19.1 Å². The molecule has 0 amide bonds. The fourth-order valence-electron chi connectivity index (χ4n) is 2.33. The first-order valence-corrected chi connectivity index (χ1v) is 7.34. The summed E-state index contributed by atoms with van der Waals surface area (Å²) in [5.74, 6) is 0.466. The number of aryl methyl sites for hydroxylation is 2. The van der Waals surface area contributed by atoms with Gasteiger partial charge >= 0.3 is 0 Å². The maximum atomic E-state index is 8.03. The van der Waals surface area contributed by atoms with Crippen LogP contribution in [0.4, 0.5) is 0 Å². The zero-order valence-corrected chi connectivity index (χ0v) is 13.8. The van der Waals surface area contributed by atoms with E-state index in [0.29, 0.717) is 11.5 Å². The van der Waals surface area contributed by atoms with Gasteiger partial charge in [0.25, 0.3) is 0 Å². The molecule has 0 saturated heterocycles. The Morgan fingerprint density at radius 2 is 2.13 bits per heavy atom. The molecule has 0 spiro atoms. The number of aliphatic imine (C=N–C) groups is 1. The molecule has 0 saturated carbocycles. The highest BCUT2D eigenvalue weighted by atomic mass is 35.5. The number of nitrogens with zero attached hydrogens (tertiary/aromatic N) is 5. The minimum absolute atomic E-state index is 0.0101. The molecule has 0 aliphatic heterocycles. The smallest absolute Gasteiger partial charge is 0.189 e. The van der Waals surface area contributed by atoms with Crippen molar-refractivity contribution in [2.75, 3.05) is 0 Å². The van der Waals surface area contributed by atoms with Gasteiger partial charge in [0, 0.05) is 44.4 Å². The molecule has 3 aromatic rings. The number of aromatic nitrogens is 5. The zero-order chi connectivity index (χ0) is 16.6. The van der Waals surface area contributed by atoms with Gasteiger partial charge in [-0.2, -0.15) is 5.10 Å². The molecule has 3 heterocycles. The minimum Gasteiger partial charge on any atom is -0.358 e. The quantitative estimate of drug-likeness (QED) is 0.571. The third-order valence-corrected chi connectivity index (χ3v) is 3.85. The summed E-state index contributed by atoms with van der Waals surface area (Å²) in [6, 6.07) is 1.93. The summed E-state index contributed by atoms with van der Waals surface area (Å²) < 4.78 is 3.46. The van der Waals surface area contributed by atoms with Gasteiger partial charge in [-0.3, -0.25) is 10.1 Å². The van der Waals surface area contributed by atoms with Gasteiger partial charge in [-0.05, 0) is 18.6 Å². The Morgan fingerprint density at radius 1 is 1.35 bits per heavy atom. The summed E-state index contributed by atoms with van der Waals surface area (Å²) in [5, 5.41) is 12.6. The predicted octanol–water partition coefficient (Wildman–Crippen LogP) is 2.47. The summed E-state index contributed by atoms with van der Waals surface area (Å²) in [7, 11) is 3.67. The SMILES string of the molecule is Cc1c(-c2ccn(C)n2)c[nH]c1C(Cl)=NC(=N)c1nccn1C. The Morgan fingerprint density at radius 3 is 2.74 bits per heavy atom. The number of imidazole rings is 1. The van der Waals surface area contributed by atoms with Crippen molar-refractivity contribution in [3.8, 4) is 11.3 Å². The molecule has 0 aromatic carbocycles. The number of rotatable bonds is 3. The summed E-state index contributed by atoms with van der Waals surface area (Å²) in [6.45, 7) is 1.94. The molecule has 7 nitrogen and oxygen atoms in total. The molecular weight excluding hydrogens is 314 g/mol. The first-order chi connectivity index (χ1) is 11.0. The van der Waals surface area contributed by atoms with Crippen LogP contribution in [0, 0.1) is 12.3 Å². The van der Waals surface area contributed by atoms with Crippen LogP contribution in [-0.2, 0) is 14.1 Å². The van der Waals surface area contributed by atoms with Gasteiger partial charge in [0.05, 0.1) is 11.4 Å². The van der Waals surface area contributed by atoms with E-state index in [4.69, 9.17) is 17.0 Å². The van der Waals surface area contributed by atoms with E-state index in [-0.39, 0.29) is 11.0 Å². The number of nitrogens with one attached hydrogen (secondary N) is 2. The lowest BCUT2D eigenvalue weighted by atomic mass is 10.1. The second kappa shape index (κ2) is 5.85. The van der Waals surface area contributed by atoms with E-state index in [0.717, 1.165) is 16.8 Å². The van der Waals surface area contributed by atoms with Crippen molar-refractivity contribution < 1.29 is 0 Å². The Hall–Kier alpha value is -2.67. The molecule has 0 fully saturated rings. The van der Waals surface area contributed by atoms with Gasteiger partial charge in [0.2, 0.25) is 0 Å². The molecule has 0 atom stereocenters. The lowest BCUT2D eigenvalue weighted by molar-refractivity contribution is 0.771. The largest absolute Gasteiger partial charge is 0.358 e. The second-order valence-electron chi connectivity index (χ2n) is 5.19. The number of H-pyrrole nitrogens is 1. The summed E-state index contributed by atoms with van der Waals surface area (Å²) in [4.78, 5) is 11.3. The van der Waals surface area contributed by atoms with E-state index in [1.54, 1.807) is 28.7 Å². The normalized spacial score (nSPS) is 11.9. The number of hydrogen-bond acceptors (Lipinski definition) is 3. The molecule has 8 heteroatoms. The Bertz CT molecular complexity index is 897. The summed E-state index contributed by atoms with van der Waals surface area (Å²) in [6.07, 6.45) is 7.10. The van der Waals surface area contributed by atoms with E-state index in [1.807, 2.05) is 32.4 Å². The Balaban J connectivity index is 1.93. The summed E-state index contributed by atoms with van der Waals surface area (Å²) in [5.41, 5.74) is 3.42. The highest BCUT2D eigenvalue weighted by molar-refractivity contribution is 6.70. The van der Waals surface area contributed by atoms with E-state index in [1.165, 1.54) is 0 Å². The Kier molecular flexibility index (Phi) is 3.87. The van der Waals surface area contributed by atoms with E-state index in [9.17, 15) is 0 Å². The first-order valence-electron chi connectivity index (χ1n) is 6.96. The minimum atomic E-state index is 0.0101. The standard InChI is InChI=1S/C15H16ClN7/c1-9-10(11-4-6-23(3)21-11)8-19-12(9)13(16)20-14(17)15-18-5-7-22(15)2/h4-8,17,19H,1-3H3. The maximum absolute atomic E-state index is 8.03. The van der Waals surface area contributed by atoms with E-state index < -0.39 is 0 Å². The number of hydrogen-bond donors (Lipinski definition) is 2. The molecule has 0 radical (unpaired) electrons. The molecule has 0 unspecified atom stereocenters. The average molecular weight is 330 g/mol. The van der Waals surface area contributed by atoms with Crippen LogP contribution in [0.5, 0.6) is 0 Å². The van der Waals surface area contributed by atoms with Crippen LogP contribution in [-0.4, -0.2) is 35.3 Å². The van der Waals surface area contributed by atoms with Crippen molar-refractivity contribution in [3.63, 3.8) is 0 Å². The third-order valence-electron chi connectivity index (χ3n) is 3.58. The molecule has 3 rings (SSSR count). The molecule has 23 heavy (non-hydrogen) atoms. The first kappa shape index (κ1) is 15.2. The van der Waals surface area contributed by atoms with Crippen molar-refractivity contribution in [1.82, 2.24) is 24.3 Å². The molecule has 118 valence electrons. The van der Waals surface area contributed by atoms with Crippen molar-refractivity contribution >= 4 is 22.6 Å². The molecule has 2 N–H and O–H groups in total. The topological polar surface area (TPSA) is 87.6 Å². The van der Waals surface area contributed by atoms with Crippen LogP contribution in [0.3, 0.4) is 0 Å². The van der Waals surface area contributed by atoms with Crippen molar-refractivity contribution in [2.45, 2.75) is 6.92 Å². The number of halogens is 1. The average Bonchev–Trinajstić information content (AvgIpc) is 3.19. The number of aromatic amines is 1. The van der Waals surface area contributed by atoms with Gasteiger partial charge in [0.15, 0.2) is 16.8 Å². The van der Waals surface area contributed by atoms with Crippen molar-refractivity contribution in [3.05, 3.63) is 47.9 Å². The third kappa shape index (κ3) is 2.83. The van der Waals surface area contributed by atoms with Crippen LogP contribution in [0.15, 0.2) is 35.8 Å². The molecular formula is C15H16ClN7. The fraction of sp³-hybridized carbons (Fsp3) is 0.200. The van der Waals surface area contributed by atoms with Gasteiger partial charge in [-0.15, -0.1) is 0 Å². The molecule has 0 bridgehead atoms. The fourth-order valence-corrected chi connectivity index (χ4v) is 2.61. The number of amidine groups is 1. The maximum Gasteiger partial charge on any atom is 0.189 e. The van der Waals surface area contributed by atoms with Crippen LogP contribution in [0.25, 0.3) is 11.3 Å². The van der Waals surface area contributed by atoms with Crippen LogP contribution >= 0.6 is 11.6 Å². The second-order valence-corrected chi connectivity index (χ2v) is 5.55. The summed E-state index contributed by atoms with van der Waals surface area (Å²) >= 11 is 6.30. The van der Waals surface area contributed by atoms with Gasteiger partial charge in [-0.25, -0.2) is 9.98 Å². The van der Waals surface area contributed by atoms with Crippen molar-refractivity contribution in [1.29, 1.82) is 5.41 Å². The van der Waals surface area contributed by atoms with Crippen LogP contribution in [0.1, 0.15) is 17.1 Å². The molecule has 3 aromatic heterocycles. The van der Waals surface area contributed by atoms with Gasteiger partial charge in [0.1, 0.15) is 0 Å². The molecule has 0 aliphatic carbocycles. The highest BCUT2D eigenvalue weighted by Crippen LogP contribution is 2.25. The van der Waals surface area contributed by atoms with Crippen LogP contribution < -0.4 is 0 Å². The predicted molar refractivity (Wildman–Crippen MR) is 90.2 cm³/mol.